The molecule has 0 spiro atoms. The summed E-state index contributed by atoms with van der Waals surface area (Å²) in [4.78, 5) is 9.74. The van der Waals surface area contributed by atoms with Crippen LogP contribution in [-0.2, 0) is 0 Å². The van der Waals surface area contributed by atoms with Gasteiger partial charge in [-0.1, -0.05) is 11.3 Å². The van der Waals surface area contributed by atoms with Gasteiger partial charge in [0.1, 0.15) is 0 Å². The van der Waals surface area contributed by atoms with Gasteiger partial charge in [-0.15, -0.1) is 0 Å². The van der Waals surface area contributed by atoms with E-state index >= 15 is 0 Å². The van der Waals surface area contributed by atoms with Gasteiger partial charge in [0.2, 0.25) is 5.95 Å². The zero-order valence-electron chi connectivity index (χ0n) is 6.24. The lowest BCUT2D eigenvalue weighted by Crippen LogP contribution is -2.12. The van der Waals surface area contributed by atoms with Crippen LogP contribution in [-0.4, -0.2) is 24.1 Å². The molecule has 1 aromatic rings. The van der Waals surface area contributed by atoms with E-state index in [1.165, 1.54) is 11.3 Å². The first kappa shape index (κ1) is 8.35. The summed E-state index contributed by atoms with van der Waals surface area (Å²) in [5, 5.41) is 0.453. The molecule has 1 heterocycles. The standard InChI is InChI=1S/C5H8N4S2/c1-9(2)4-7-3(6)11-5(10)8-4/h1-2H3,(H2,6,7,8,10). The molecule has 11 heavy (non-hydrogen) atoms. The van der Waals surface area contributed by atoms with Crippen LogP contribution in [0.15, 0.2) is 0 Å². The van der Waals surface area contributed by atoms with E-state index in [1.54, 1.807) is 4.90 Å². The second kappa shape index (κ2) is 3.10. The number of hydrogen-bond acceptors (Lipinski definition) is 6. The molecule has 4 nitrogen and oxygen atoms in total. The Labute approximate surface area is 73.7 Å². The Balaban J connectivity index is 3.19. The summed E-state index contributed by atoms with van der Waals surface area (Å²) in [7, 11) is 3.68. The second-order valence-corrected chi connectivity index (χ2v) is 3.78. The lowest BCUT2D eigenvalue weighted by atomic mass is 10.8. The van der Waals surface area contributed by atoms with Crippen LogP contribution in [0.4, 0.5) is 11.1 Å². The van der Waals surface area contributed by atoms with Crippen molar-refractivity contribution in [3.63, 3.8) is 0 Å². The van der Waals surface area contributed by atoms with Crippen LogP contribution in [0.25, 0.3) is 0 Å². The Morgan fingerprint density at radius 1 is 1.45 bits per heavy atom. The highest BCUT2D eigenvalue weighted by Crippen LogP contribution is 2.11. The van der Waals surface area contributed by atoms with Gasteiger partial charge in [0, 0.05) is 14.1 Å². The third kappa shape index (κ3) is 2.09. The number of nitrogen functional groups attached to an aromatic ring is 1. The number of rotatable bonds is 1. The normalized spacial score (nSPS) is 9.64. The molecule has 0 unspecified atom stereocenters. The summed E-state index contributed by atoms with van der Waals surface area (Å²) in [6.07, 6.45) is 0. The maximum Gasteiger partial charge on any atom is 0.229 e. The highest BCUT2D eigenvalue weighted by Gasteiger charge is 1.99. The fourth-order valence-corrected chi connectivity index (χ4v) is 1.31. The molecule has 0 aliphatic rings. The van der Waals surface area contributed by atoms with Crippen molar-refractivity contribution >= 4 is 34.6 Å². The Morgan fingerprint density at radius 3 is 2.55 bits per heavy atom. The van der Waals surface area contributed by atoms with E-state index in [-0.39, 0.29) is 0 Å². The van der Waals surface area contributed by atoms with Crippen molar-refractivity contribution < 1.29 is 0 Å². The van der Waals surface area contributed by atoms with Gasteiger partial charge in [0.05, 0.1) is 0 Å². The van der Waals surface area contributed by atoms with Crippen LogP contribution in [0.5, 0.6) is 0 Å². The molecule has 0 amide bonds. The average molecular weight is 188 g/mol. The van der Waals surface area contributed by atoms with Crippen LogP contribution in [0.2, 0.25) is 0 Å². The number of hydrogen-bond donors (Lipinski definition) is 1. The van der Waals surface area contributed by atoms with E-state index < -0.39 is 0 Å². The molecule has 0 saturated carbocycles. The maximum absolute atomic E-state index is 5.47. The molecule has 2 N–H and O–H groups in total. The lowest BCUT2D eigenvalue weighted by Gasteiger charge is -2.08. The summed E-state index contributed by atoms with van der Waals surface area (Å²) in [5.41, 5.74) is 5.47. The molecule has 1 rings (SSSR count). The van der Waals surface area contributed by atoms with Crippen molar-refractivity contribution in [2.75, 3.05) is 24.7 Å². The summed E-state index contributed by atoms with van der Waals surface area (Å²) >= 11 is 6.07. The van der Waals surface area contributed by atoms with E-state index in [0.717, 1.165) is 0 Å². The number of anilines is 2. The Bertz CT molecular complexity index is 306. The van der Waals surface area contributed by atoms with Crippen LogP contribution in [0.1, 0.15) is 0 Å². The van der Waals surface area contributed by atoms with Crippen molar-refractivity contribution in [3.05, 3.63) is 3.95 Å². The van der Waals surface area contributed by atoms with Crippen LogP contribution >= 0.6 is 23.6 Å². The molecular formula is C5H8N4S2. The molecule has 0 saturated heterocycles. The minimum atomic E-state index is 0.453. The zero-order valence-corrected chi connectivity index (χ0v) is 7.87. The van der Waals surface area contributed by atoms with Gasteiger partial charge in [-0.05, 0) is 12.2 Å². The van der Waals surface area contributed by atoms with Gasteiger partial charge in [0.15, 0.2) is 9.09 Å². The summed E-state index contributed by atoms with van der Waals surface area (Å²) in [5.74, 6) is 0.561. The highest BCUT2D eigenvalue weighted by molar-refractivity contribution is 7.73. The molecule has 0 bridgehead atoms. The molecule has 60 valence electrons. The first-order chi connectivity index (χ1) is 5.09. The topological polar surface area (TPSA) is 55.0 Å². The van der Waals surface area contributed by atoms with E-state index in [4.69, 9.17) is 18.0 Å². The van der Waals surface area contributed by atoms with Crippen molar-refractivity contribution in [3.8, 4) is 0 Å². The summed E-state index contributed by atoms with van der Waals surface area (Å²) < 4.78 is 0.515. The monoisotopic (exact) mass is 188 g/mol. The lowest BCUT2D eigenvalue weighted by molar-refractivity contribution is 1.01. The molecule has 0 radical (unpaired) electrons. The van der Waals surface area contributed by atoms with Gasteiger partial charge < -0.3 is 10.6 Å². The SMILES string of the molecule is CN(C)c1nc(N)sc(=S)n1. The van der Waals surface area contributed by atoms with Gasteiger partial charge in [0.25, 0.3) is 0 Å². The maximum atomic E-state index is 5.47. The Hall–Kier alpha value is -0.750. The van der Waals surface area contributed by atoms with Gasteiger partial charge in [-0.25, -0.2) is 0 Å². The molecule has 0 fully saturated rings. The van der Waals surface area contributed by atoms with Crippen LogP contribution < -0.4 is 10.6 Å². The van der Waals surface area contributed by atoms with Gasteiger partial charge in [-0.2, -0.15) is 9.97 Å². The fourth-order valence-electron chi connectivity index (χ4n) is 0.540. The smallest absolute Gasteiger partial charge is 0.229 e. The Morgan fingerprint density at radius 2 is 2.09 bits per heavy atom. The van der Waals surface area contributed by atoms with E-state index in [1.807, 2.05) is 14.1 Å². The van der Waals surface area contributed by atoms with E-state index in [2.05, 4.69) is 9.97 Å². The minimum Gasteiger partial charge on any atom is -0.375 e. The third-order valence-electron chi connectivity index (χ3n) is 0.993. The second-order valence-electron chi connectivity index (χ2n) is 2.12. The number of nitrogens with zero attached hydrogens (tertiary/aromatic N) is 3. The third-order valence-corrected chi connectivity index (χ3v) is 1.90. The molecular weight excluding hydrogens is 180 g/mol. The van der Waals surface area contributed by atoms with Crippen molar-refractivity contribution in [2.24, 2.45) is 0 Å². The van der Waals surface area contributed by atoms with Crippen molar-refractivity contribution in [1.82, 2.24) is 9.97 Å². The van der Waals surface area contributed by atoms with E-state index in [9.17, 15) is 0 Å². The van der Waals surface area contributed by atoms with Crippen molar-refractivity contribution in [1.29, 1.82) is 0 Å². The highest BCUT2D eigenvalue weighted by atomic mass is 32.1. The number of aromatic nitrogens is 2. The number of nitrogens with two attached hydrogens (primary N) is 1. The summed E-state index contributed by atoms with van der Waals surface area (Å²) in [6, 6.07) is 0. The quantitative estimate of drug-likeness (QED) is 0.664. The predicted molar refractivity (Wildman–Crippen MR) is 49.5 cm³/mol. The average Bonchev–Trinajstić information content (AvgIpc) is 1.85. The van der Waals surface area contributed by atoms with Gasteiger partial charge >= 0.3 is 0 Å². The molecule has 1 aromatic heterocycles. The molecule has 0 atom stereocenters. The minimum absolute atomic E-state index is 0.453. The zero-order chi connectivity index (χ0) is 8.43. The molecule has 6 heteroatoms. The fraction of sp³-hybridized carbons (Fsp3) is 0.400. The van der Waals surface area contributed by atoms with Crippen LogP contribution in [0, 0.1) is 3.95 Å². The Kier molecular flexibility index (Phi) is 2.35. The largest absolute Gasteiger partial charge is 0.375 e. The van der Waals surface area contributed by atoms with Gasteiger partial charge in [-0.3, -0.25) is 0 Å². The molecule has 0 aliphatic heterocycles. The molecule has 0 aliphatic carbocycles. The van der Waals surface area contributed by atoms with E-state index in [0.29, 0.717) is 15.0 Å². The van der Waals surface area contributed by atoms with Crippen molar-refractivity contribution in [2.45, 2.75) is 0 Å². The molecule has 0 aromatic carbocycles. The predicted octanol–water partition coefficient (Wildman–Crippen LogP) is 0.916. The van der Waals surface area contributed by atoms with Crippen LogP contribution in [0.3, 0.4) is 0 Å². The first-order valence-electron chi connectivity index (χ1n) is 2.91. The summed E-state index contributed by atoms with van der Waals surface area (Å²) in [6.45, 7) is 0. The first-order valence-corrected chi connectivity index (χ1v) is 4.14.